The summed E-state index contributed by atoms with van der Waals surface area (Å²) in [5.41, 5.74) is 0.343. The van der Waals surface area contributed by atoms with Gasteiger partial charge in [-0.05, 0) is 37.6 Å². The molecule has 0 amide bonds. The van der Waals surface area contributed by atoms with Crippen molar-refractivity contribution in [3.05, 3.63) is 0 Å². The summed E-state index contributed by atoms with van der Waals surface area (Å²) < 4.78 is 11.8. The van der Waals surface area contributed by atoms with Gasteiger partial charge in [0.25, 0.3) is 0 Å². The van der Waals surface area contributed by atoms with Crippen molar-refractivity contribution in [1.82, 2.24) is 5.32 Å². The van der Waals surface area contributed by atoms with Crippen LogP contribution in [0, 0.1) is 5.41 Å². The first-order valence-electron chi connectivity index (χ1n) is 7.60. The predicted molar refractivity (Wildman–Crippen MR) is 73.8 cm³/mol. The van der Waals surface area contributed by atoms with Gasteiger partial charge in [0, 0.05) is 12.6 Å². The molecule has 3 unspecified atom stereocenters. The van der Waals surface area contributed by atoms with Crippen LogP contribution in [0.4, 0.5) is 0 Å². The number of hydrogen-bond acceptors (Lipinski definition) is 3. The normalized spacial score (nSPS) is 35.8. The minimum atomic E-state index is 0.343. The zero-order valence-electron chi connectivity index (χ0n) is 12.2. The Labute approximate surface area is 112 Å². The molecule has 3 atom stereocenters. The highest BCUT2D eigenvalue weighted by molar-refractivity contribution is 4.94. The Morgan fingerprint density at radius 2 is 2.11 bits per heavy atom. The summed E-state index contributed by atoms with van der Waals surface area (Å²) in [6.45, 7) is 9.63. The Morgan fingerprint density at radius 3 is 2.78 bits per heavy atom. The number of ether oxygens (including phenoxy) is 2. The number of rotatable bonds is 5. The highest BCUT2D eigenvalue weighted by Gasteiger charge is 2.39. The van der Waals surface area contributed by atoms with Crippen LogP contribution in [-0.2, 0) is 9.47 Å². The van der Waals surface area contributed by atoms with E-state index in [1.807, 2.05) is 0 Å². The second kappa shape index (κ2) is 6.36. The van der Waals surface area contributed by atoms with E-state index in [2.05, 4.69) is 26.1 Å². The molecule has 0 bridgehead atoms. The van der Waals surface area contributed by atoms with Crippen LogP contribution in [-0.4, -0.2) is 38.0 Å². The van der Waals surface area contributed by atoms with Crippen molar-refractivity contribution in [1.29, 1.82) is 0 Å². The highest BCUT2D eigenvalue weighted by atomic mass is 16.5. The molecule has 0 aromatic heterocycles. The van der Waals surface area contributed by atoms with E-state index in [0.717, 1.165) is 19.8 Å². The van der Waals surface area contributed by atoms with Crippen LogP contribution < -0.4 is 5.32 Å². The molecule has 2 fully saturated rings. The third kappa shape index (κ3) is 3.46. The van der Waals surface area contributed by atoms with Crippen molar-refractivity contribution in [3.8, 4) is 0 Å². The number of nitrogens with one attached hydrogen (secondary N) is 1. The maximum Gasteiger partial charge on any atom is 0.0809 e. The second-order valence-electron chi connectivity index (χ2n) is 6.42. The molecule has 1 heterocycles. The van der Waals surface area contributed by atoms with Crippen molar-refractivity contribution < 1.29 is 9.47 Å². The van der Waals surface area contributed by atoms with Gasteiger partial charge in [-0.15, -0.1) is 0 Å². The Hall–Kier alpha value is -0.120. The average Bonchev–Trinajstić information content (AvgIpc) is 2.83. The molecule has 0 aromatic rings. The zero-order valence-corrected chi connectivity index (χ0v) is 12.2. The van der Waals surface area contributed by atoms with Gasteiger partial charge in [-0.1, -0.05) is 27.2 Å². The Balaban J connectivity index is 1.87. The predicted octanol–water partition coefficient (Wildman–Crippen LogP) is 2.74. The third-order valence-corrected chi connectivity index (χ3v) is 4.47. The van der Waals surface area contributed by atoms with Crippen LogP contribution in [0.15, 0.2) is 0 Å². The van der Waals surface area contributed by atoms with E-state index in [9.17, 15) is 0 Å². The van der Waals surface area contributed by atoms with E-state index < -0.39 is 0 Å². The zero-order chi connectivity index (χ0) is 13.0. The Bertz CT molecular complexity index is 249. The lowest BCUT2D eigenvalue weighted by Crippen LogP contribution is -2.53. The van der Waals surface area contributed by atoms with Crippen molar-refractivity contribution in [2.45, 2.75) is 71.1 Å². The molecular formula is C15H29NO2. The topological polar surface area (TPSA) is 30.5 Å². The van der Waals surface area contributed by atoms with Gasteiger partial charge < -0.3 is 14.8 Å². The molecule has 0 aromatic carbocycles. The average molecular weight is 255 g/mol. The van der Waals surface area contributed by atoms with Crippen LogP contribution in [0.5, 0.6) is 0 Å². The van der Waals surface area contributed by atoms with Gasteiger partial charge in [0.15, 0.2) is 0 Å². The quantitative estimate of drug-likeness (QED) is 0.819. The molecule has 2 rings (SSSR count). The molecule has 18 heavy (non-hydrogen) atoms. The van der Waals surface area contributed by atoms with Crippen LogP contribution in [0.1, 0.15) is 52.9 Å². The molecule has 3 nitrogen and oxygen atoms in total. The minimum Gasteiger partial charge on any atom is -0.376 e. The van der Waals surface area contributed by atoms with E-state index in [1.165, 1.54) is 32.1 Å². The van der Waals surface area contributed by atoms with Gasteiger partial charge in [0.1, 0.15) is 0 Å². The molecule has 1 saturated heterocycles. The summed E-state index contributed by atoms with van der Waals surface area (Å²) in [4.78, 5) is 0. The van der Waals surface area contributed by atoms with Gasteiger partial charge in [0.05, 0.1) is 18.8 Å². The number of hydrogen-bond donors (Lipinski definition) is 1. The van der Waals surface area contributed by atoms with Crippen LogP contribution in [0.3, 0.4) is 0 Å². The summed E-state index contributed by atoms with van der Waals surface area (Å²) in [5.74, 6) is 0. The fourth-order valence-electron chi connectivity index (χ4n) is 3.40. The fourth-order valence-corrected chi connectivity index (χ4v) is 3.40. The fraction of sp³-hybridized carbons (Fsp3) is 1.00. The van der Waals surface area contributed by atoms with Crippen LogP contribution in [0.2, 0.25) is 0 Å². The number of likely N-dealkylation sites (N-methyl/N-ethyl adjacent to an activating group) is 1. The standard InChI is InChI=1S/C15H29NO2/c1-4-16-14-13(8-5-9-15(14,2)3)18-11-12-7-6-10-17-12/h12-14,16H,4-11H2,1-3H3. The minimum absolute atomic E-state index is 0.343. The molecule has 1 N–H and O–H groups in total. The second-order valence-corrected chi connectivity index (χ2v) is 6.42. The SMILES string of the molecule is CCNC1C(OCC2CCCO2)CCCC1(C)C. The molecule has 0 spiro atoms. The molecule has 3 heteroatoms. The summed E-state index contributed by atoms with van der Waals surface area (Å²) in [7, 11) is 0. The lowest BCUT2D eigenvalue weighted by Gasteiger charge is -2.44. The van der Waals surface area contributed by atoms with E-state index >= 15 is 0 Å². The van der Waals surface area contributed by atoms with Crippen LogP contribution >= 0.6 is 0 Å². The lowest BCUT2D eigenvalue weighted by atomic mass is 9.71. The van der Waals surface area contributed by atoms with E-state index in [1.54, 1.807) is 0 Å². The Morgan fingerprint density at radius 1 is 1.28 bits per heavy atom. The third-order valence-electron chi connectivity index (χ3n) is 4.47. The summed E-state index contributed by atoms with van der Waals surface area (Å²) in [6, 6.07) is 0.484. The summed E-state index contributed by atoms with van der Waals surface area (Å²) >= 11 is 0. The first kappa shape index (κ1) is 14.3. The summed E-state index contributed by atoms with van der Waals surface area (Å²) in [5, 5.41) is 3.63. The van der Waals surface area contributed by atoms with Crippen molar-refractivity contribution >= 4 is 0 Å². The first-order chi connectivity index (χ1) is 8.63. The Kier molecular flexibility index (Phi) is 5.05. The van der Waals surface area contributed by atoms with Gasteiger partial charge in [-0.25, -0.2) is 0 Å². The highest BCUT2D eigenvalue weighted by Crippen LogP contribution is 2.37. The lowest BCUT2D eigenvalue weighted by molar-refractivity contribution is -0.0701. The van der Waals surface area contributed by atoms with Crippen LogP contribution in [0.25, 0.3) is 0 Å². The molecule has 1 saturated carbocycles. The van der Waals surface area contributed by atoms with Gasteiger partial charge >= 0.3 is 0 Å². The molecule has 0 radical (unpaired) electrons. The first-order valence-corrected chi connectivity index (χ1v) is 7.60. The van der Waals surface area contributed by atoms with Gasteiger partial charge in [-0.3, -0.25) is 0 Å². The van der Waals surface area contributed by atoms with Crippen molar-refractivity contribution in [3.63, 3.8) is 0 Å². The van der Waals surface area contributed by atoms with Crippen molar-refractivity contribution in [2.24, 2.45) is 5.41 Å². The maximum atomic E-state index is 6.18. The van der Waals surface area contributed by atoms with E-state index in [-0.39, 0.29) is 0 Å². The molecule has 1 aliphatic heterocycles. The smallest absolute Gasteiger partial charge is 0.0809 e. The molecule has 2 aliphatic rings. The van der Waals surface area contributed by atoms with Gasteiger partial charge in [-0.2, -0.15) is 0 Å². The largest absolute Gasteiger partial charge is 0.376 e. The molecular weight excluding hydrogens is 226 g/mol. The molecule has 1 aliphatic carbocycles. The van der Waals surface area contributed by atoms with E-state index in [0.29, 0.717) is 23.7 Å². The van der Waals surface area contributed by atoms with E-state index in [4.69, 9.17) is 9.47 Å². The summed E-state index contributed by atoms with van der Waals surface area (Å²) in [6.07, 6.45) is 6.84. The maximum absolute atomic E-state index is 6.18. The van der Waals surface area contributed by atoms with Crippen molar-refractivity contribution in [2.75, 3.05) is 19.8 Å². The monoisotopic (exact) mass is 255 g/mol. The van der Waals surface area contributed by atoms with Gasteiger partial charge in [0.2, 0.25) is 0 Å². The molecule has 106 valence electrons.